The minimum absolute atomic E-state index is 0.109. The first-order chi connectivity index (χ1) is 10.2. The van der Waals surface area contributed by atoms with Crippen LogP contribution in [0.3, 0.4) is 0 Å². The SMILES string of the molecule is CCC1CCC(C)N1Cc1cc(C#CCO)ccc1OC. The molecule has 1 aliphatic rings. The van der Waals surface area contributed by atoms with Gasteiger partial charge in [0.1, 0.15) is 12.4 Å². The van der Waals surface area contributed by atoms with Crippen LogP contribution in [0.4, 0.5) is 0 Å². The van der Waals surface area contributed by atoms with Crippen molar-refractivity contribution in [1.29, 1.82) is 0 Å². The molecule has 1 fully saturated rings. The topological polar surface area (TPSA) is 32.7 Å². The summed E-state index contributed by atoms with van der Waals surface area (Å²) in [4.78, 5) is 2.57. The van der Waals surface area contributed by atoms with Crippen LogP contribution in [0, 0.1) is 11.8 Å². The summed E-state index contributed by atoms with van der Waals surface area (Å²) in [5.74, 6) is 6.59. The van der Waals surface area contributed by atoms with E-state index < -0.39 is 0 Å². The fraction of sp³-hybridized carbons (Fsp3) is 0.556. The van der Waals surface area contributed by atoms with E-state index in [4.69, 9.17) is 9.84 Å². The van der Waals surface area contributed by atoms with E-state index in [1.165, 1.54) is 24.8 Å². The monoisotopic (exact) mass is 287 g/mol. The molecule has 2 atom stereocenters. The molecule has 0 amide bonds. The van der Waals surface area contributed by atoms with Crippen LogP contribution in [0.25, 0.3) is 0 Å². The lowest BCUT2D eigenvalue weighted by atomic mass is 10.1. The van der Waals surface area contributed by atoms with Gasteiger partial charge in [0.25, 0.3) is 0 Å². The summed E-state index contributed by atoms with van der Waals surface area (Å²) in [6.45, 7) is 5.35. The highest BCUT2D eigenvalue weighted by molar-refractivity contribution is 5.44. The van der Waals surface area contributed by atoms with Gasteiger partial charge in [0, 0.05) is 29.8 Å². The molecule has 2 unspecified atom stereocenters. The summed E-state index contributed by atoms with van der Waals surface area (Å²) in [5, 5.41) is 8.82. The molecule has 0 aliphatic carbocycles. The molecule has 2 rings (SSSR count). The average Bonchev–Trinajstić information content (AvgIpc) is 2.86. The predicted octanol–water partition coefficient (Wildman–Crippen LogP) is 2.80. The number of methoxy groups -OCH3 is 1. The fourth-order valence-electron chi connectivity index (χ4n) is 3.17. The normalized spacial score (nSPS) is 21.9. The van der Waals surface area contributed by atoms with Gasteiger partial charge >= 0.3 is 0 Å². The Morgan fingerprint density at radius 2 is 2.19 bits per heavy atom. The van der Waals surface area contributed by atoms with E-state index in [2.05, 4.69) is 36.7 Å². The van der Waals surface area contributed by atoms with Gasteiger partial charge in [-0.2, -0.15) is 0 Å². The second kappa shape index (κ2) is 7.49. The largest absolute Gasteiger partial charge is 0.496 e. The number of aliphatic hydroxyl groups excluding tert-OH is 1. The third-order valence-electron chi connectivity index (χ3n) is 4.37. The maximum atomic E-state index is 8.82. The molecule has 0 saturated carbocycles. The van der Waals surface area contributed by atoms with Crippen molar-refractivity contribution in [1.82, 2.24) is 4.90 Å². The van der Waals surface area contributed by atoms with E-state index in [1.807, 2.05) is 12.1 Å². The van der Waals surface area contributed by atoms with Crippen LogP contribution in [0.15, 0.2) is 18.2 Å². The van der Waals surface area contributed by atoms with Crippen molar-refractivity contribution in [3.63, 3.8) is 0 Å². The Labute approximate surface area is 127 Å². The highest BCUT2D eigenvalue weighted by atomic mass is 16.5. The van der Waals surface area contributed by atoms with E-state index in [0.717, 1.165) is 17.9 Å². The van der Waals surface area contributed by atoms with E-state index in [-0.39, 0.29) is 6.61 Å². The molecular weight excluding hydrogens is 262 g/mol. The minimum atomic E-state index is -0.109. The standard InChI is InChI=1S/C18H25NO2/c1-4-17-9-7-14(2)19(17)13-16-12-15(6-5-11-20)8-10-18(16)21-3/h8,10,12,14,17,20H,4,7,9,11,13H2,1-3H3. The lowest BCUT2D eigenvalue weighted by molar-refractivity contribution is 0.187. The average molecular weight is 287 g/mol. The highest BCUT2D eigenvalue weighted by Gasteiger charge is 2.29. The Balaban J connectivity index is 2.24. The van der Waals surface area contributed by atoms with Crippen LogP contribution in [-0.2, 0) is 6.54 Å². The van der Waals surface area contributed by atoms with Gasteiger partial charge in [0.15, 0.2) is 0 Å². The molecular formula is C18H25NO2. The number of hydrogen-bond acceptors (Lipinski definition) is 3. The van der Waals surface area contributed by atoms with E-state index in [1.54, 1.807) is 7.11 Å². The van der Waals surface area contributed by atoms with Crippen LogP contribution in [-0.4, -0.2) is 35.8 Å². The van der Waals surface area contributed by atoms with Gasteiger partial charge in [-0.3, -0.25) is 4.90 Å². The number of benzene rings is 1. The first kappa shape index (κ1) is 15.9. The fourth-order valence-corrected chi connectivity index (χ4v) is 3.17. The second-order valence-electron chi connectivity index (χ2n) is 5.65. The third-order valence-corrected chi connectivity index (χ3v) is 4.37. The zero-order chi connectivity index (χ0) is 15.2. The lowest BCUT2D eigenvalue weighted by Gasteiger charge is -2.28. The molecule has 114 valence electrons. The zero-order valence-electron chi connectivity index (χ0n) is 13.2. The van der Waals surface area contributed by atoms with Gasteiger partial charge in [-0.05, 0) is 44.4 Å². The molecule has 0 bridgehead atoms. The molecule has 21 heavy (non-hydrogen) atoms. The van der Waals surface area contributed by atoms with E-state index in [0.29, 0.717) is 12.1 Å². The summed E-state index contributed by atoms with van der Waals surface area (Å²) in [7, 11) is 1.71. The van der Waals surface area contributed by atoms with Crippen molar-refractivity contribution in [3.05, 3.63) is 29.3 Å². The third kappa shape index (κ3) is 3.78. The maximum absolute atomic E-state index is 8.82. The smallest absolute Gasteiger partial charge is 0.123 e. The number of rotatable bonds is 4. The van der Waals surface area contributed by atoms with Crippen LogP contribution in [0.5, 0.6) is 5.75 Å². The Morgan fingerprint density at radius 3 is 2.86 bits per heavy atom. The van der Waals surface area contributed by atoms with Gasteiger partial charge in [-0.25, -0.2) is 0 Å². The van der Waals surface area contributed by atoms with Crippen molar-refractivity contribution >= 4 is 0 Å². The van der Waals surface area contributed by atoms with E-state index >= 15 is 0 Å². The highest BCUT2D eigenvalue weighted by Crippen LogP contribution is 2.30. The summed E-state index contributed by atoms with van der Waals surface area (Å²) in [6, 6.07) is 7.27. The summed E-state index contributed by atoms with van der Waals surface area (Å²) in [5.41, 5.74) is 2.11. The molecule has 1 saturated heterocycles. The van der Waals surface area contributed by atoms with Gasteiger partial charge in [0.05, 0.1) is 7.11 Å². The van der Waals surface area contributed by atoms with Crippen LogP contribution >= 0.6 is 0 Å². The van der Waals surface area contributed by atoms with Crippen molar-refractivity contribution in [2.24, 2.45) is 0 Å². The molecule has 1 aromatic rings. The second-order valence-corrected chi connectivity index (χ2v) is 5.65. The summed E-state index contributed by atoms with van der Waals surface area (Å²) >= 11 is 0. The Kier molecular flexibility index (Phi) is 5.67. The van der Waals surface area contributed by atoms with Gasteiger partial charge in [-0.1, -0.05) is 18.8 Å². The Morgan fingerprint density at radius 1 is 1.38 bits per heavy atom. The molecule has 1 heterocycles. The zero-order valence-corrected chi connectivity index (χ0v) is 13.2. The molecule has 1 aliphatic heterocycles. The predicted molar refractivity (Wildman–Crippen MR) is 85.3 cm³/mol. The van der Waals surface area contributed by atoms with Crippen molar-refractivity contribution in [2.75, 3.05) is 13.7 Å². The maximum Gasteiger partial charge on any atom is 0.123 e. The molecule has 0 aromatic heterocycles. The van der Waals surface area contributed by atoms with Crippen molar-refractivity contribution in [2.45, 2.75) is 51.7 Å². The molecule has 3 heteroatoms. The Bertz CT molecular complexity index is 530. The molecule has 1 N–H and O–H groups in total. The van der Waals surface area contributed by atoms with Crippen LogP contribution in [0.1, 0.15) is 44.2 Å². The number of ether oxygens (including phenoxy) is 1. The Hall–Kier alpha value is -1.50. The van der Waals surface area contributed by atoms with E-state index in [9.17, 15) is 0 Å². The number of nitrogens with zero attached hydrogens (tertiary/aromatic N) is 1. The van der Waals surface area contributed by atoms with Crippen molar-refractivity contribution in [3.8, 4) is 17.6 Å². The van der Waals surface area contributed by atoms with Crippen molar-refractivity contribution < 1.29 is 9.84 Å². The molecule has 1 aromatic carbocycles. The first-order valence-electron chi connectivity index (χ1n) is 7.72. The summed E-state index contributed by atoms with van der Waals surface area (Å²) in [6.07, 6.45) is 3.74. The van der Waals surface area contributed by atoms with Crippen LogP contribution < -0.4 is 4.74 Å². The minimum Gasteiger partial charge on any atom is -0.496 e. The first-order valence-corrected chi connectivity index (χ1v) is 7.72. The molecule has 3 nitrogen and oxygen atoms in total. The lowest BCUT2D eigenvalue weighted by Crippen LogP contribution is -2.33. The molecule has 0 radical (unpaired) electrons. The molecule has 0 spiro atoms. The van der Waals surface area contributed by atoms with Gasteiger partial charge in [0.2, 0.25) is 0 Å². The van der Waals surface area contributed by atoms with Gasteiger partial charge < -0.3 is 9.84 Å². The number of hydrogen-bond donors (Lipinski definition) is 1. The van der Waals surface area contributed by atoms with Gasteiger partial charge in [-0.15, -0.1) is 0 Å². The quantitative estimate of drug-likeness (QED) is 0.864. The summed E-state index contributed by atoms with van der Waals surface area (Å²) < 4.78 is 5.49. The van der Waals surface area contributed by atoms with Crippen LogP contribution in [0.2, 0.25) is 0 Å². The number of likely N-dealkylation sites (tertiary alicyclic amines) is 1. The number of aliphatic hydroxyl groups is 1.